The van der Waals surface area contributed by atoms with Crippen LogP contribution in [-0.4, -0.2) is 24.6 Å². The molecule has 0 unspecified atom stereocenters. The number of anilines is 1. The maximum atomic E-state index is 12.1. The van der Waals surface area contributed by atoms with Crippen molar-refractivity contribution in [2.45, 2.75) is 20.0 Å². The monoisotopic (exact) mass is 381 g/mol. The highest BCUT2D eigenvalue weighted by Gasteiger charge is 2.18. The Morgan fingerprint density at radius 1 is 1.12 bits per heavy atom. The Labute approximate surface area is 155 Å². The van der Waals surface area contributed by atoms with Gasteiger partial charge in [-0.15, -0.1) is 0 Å². The number of esters is 1. The highest BCUT2D eigenvalue weighted by atomic mass is 35.5. The summed E-state index contributed by atoms with van der Waals surface area (Å²) in [4.78, 5) is 23.9. The average molecular weight is 382 g/mol. The second-order valence-electron chi connectivity index (χ2n) is 5.33. The van der Waals surface area contributed by atoms with Gasteiger partial charge >= 0.3 is 5.97 Å². The fourth-order valence-electron chi connectivity index (χ4n) is 2.01. The Morgan fingerprint density at radius 3 is 2.40 bits per heavy atom. The highest BCUT2D eigenvalue weighted by molar-refractivity contribution is 6.35. The second kappa shape index (κ2) is 8.74. The molecular formula is C18H17Cl2NO4. The summed E-state index contributed by atoms with van der Waals surface area (Å²) in [7, 11) is 0. The minimum Gasteiger partial charge on any atom is -0.482 e. The topological polar surface area (TPSA) is 64.6 Å². The molecule has 5 nitrogen and oxygen atoms in total. The molecule has 2 rings (SSSR count). The number of aryl methyl sites for hydroxylation is 1. The van der Waals surface area contributed by atoms with Crippen LogP contribution in [0.3, 0.4) is 0 Å². The lowest BCUT2D eigenvalue weighted by atomic mass is 10.2. The maximum absolute atomic E-state index is 12.1. The van der Waals surface area contributed by atoms with E-state index in [2.05, 4.69) is 5.32 Å². The van der Waals surface area contributed by atoms with Gasteiger partial charge in [0.05, 0.1) is 0 Å². The van der Waals surface area contributed by atoms with Gasteiger partial charge < -0.3 is 14.8 Å². The van der Waals surface area contributed by atoms with Gasteiger partial charge in [0, 0.05) is 15.7 Å². The first kappa shape index (κ1) is 19.1. The van der Waals surface area contributed by atoms with Crippen molar-refractivity contribution in [3.8, 4) is 5.75 Å². The number of rotatable bonds is 6. The highest BCUT2D eigenvalue weighted by Crippen LogP contribution is 2.22. The van der Waals surface area contributed by atoms with Crippen LogP contribution < -0.4 is 10.1 Å². The minimum absolute atomic E-state index is 0.286. The van der Waals surface area contributed by atoms with Crippen LogP contribution in [0, 0.1) is 6.92 Å². The maximum Gasteiger partial charge on any atom is 0.344 e. The van der Waals surface area contributed by atoms with Crippen molar-refractivity contribution in [2.75, 3.05) is 11.9 Å². The van der Waals surface area contributed by atoms with E-state index in [1.54, 1.807) is 30.3 Å². The van der Waals surface area contributed by atoms with Crippen molar-refractivity contribution in [2.24, 2.45) is 0 Å². The Morgan fingerprint density at radius 2 is 1.76 bits per heavy atom. The fourth-order valence-corrected chi connectivity index (χ4v) is 2.54. The van der Waals surface area contributed by atoms with Crippen LogP contribution in [0.1, 0.15) is 12.5 Å². The van der Waals surface area contributed by atoms with E-state index >= 15 is 0 Å². The first-order valence-electron chi connectivity index (χ1n) is 7.50. The van der Waals surface area contributed by atoms with Crippen LogP contribution >= 0.6 is 23.2 Å². The van der Waals surface area contributed by atoms with Gasteiger partial charge in [-0.3, -0.25) is 4.79 Å². The lowest BCUT2D eigenvalue weighted by Crippen LogP contribution is -2.31. The molecule has 1 atom stereocenters. The van der Waals surface area contributed by atoms with Gasteiger partial charge in [0.25, 0.3) is 5.91 Å². The summed E-state index contributed by atoms with van der Waals surface area (Å²) >= 11 is 11.7. The standard InChI is InChI=1S/C18H17Cl2NO4/c1-11-5-3-4-6-16(11)24-10-17(22)25-12(2)18(23)21-15-8-13(19)7-14(20)9-15/h3-9,12H,10H2,1-2H3,(H,21,23)/t12-/m0/s1. The van der Waals surface area contributed by atoms with Crippen LogP contribution in [0.2, 0.25) is 10.0 Å². The molecule has 0 fully saturated rings. The first-order valence-corrected chi connectivity index (χ1v) is 8.25. The Kier molecular flexibility index (Phi) is 6.67. The first-order chi connectivity index (χ1) is 11.8. The van der Waals surface area contributed by atoms with Crippen LogP contribution in [0.15, 0.2) is 42.5 Å². The summed E-state index contributed by atoms with van der Waals surface area (Å²) in [6, 6.07) is 11.9. The lowest BCUT2D eigenvalue weighted by molar-refractivity contribution is -0.155. The summed E-state index contributed by atoms with van der Waals surface area (Å²) in [5.74, 6) is -0.553. The summed E-state index contributed by atoms with van der Waals surface area (Å²) in [5.41, 5.74) is 1.32. The van der Waals surface area contributed by atoms with Crippen molar-refractivity contribution < 1.29 is 19.1 Å². The van der Waals surface area contributed by atoms with Crippen LogP contribution in [-0.2, 0) is 14.3 Å². The number of halogens is 2. The largest absolute Gasteiger partial charge is 0.482 e. The molecular weight excluding hydrogens is 365 g/mol. The molecule has 2 aromatic rings. The van der Waals surface area contributed by atoms with Gasteiger partial charge in [0.2, 0.25) is 0 Å². The number of para-hydroxylation sites is 1. The van der Waals surface area contributed by atoms with Gasteiger partial charge in [-0.05, 0) is 43.7 Å². The number of hydrogen-bond acceptors (Lipinski definition) is 4. The third kappa shape index (κ3) is 5.96. The van der Waals surface area contributed by atoms with Gasteiger partial charge in [-0.1, -0.05) is 41.4 Å². The predicted octanol–water partition coefficient (Wildman–Crippen LogP) is 4.25. The average Bonchev–Trinajstić information content (AvgIpc) is 2.53. The third-order valence-electron chi connectivity index (χ3n) is 3.25. The molecule has 1 N–H and O–H groups in total. The van der Waals surface area contributed by atoms with E-state index in [0.29, 0.717) is 21.5 Å². The molecule has 1 amide bonds. The molecule has 2 aromatic carbocycles. The molecule has 0 spiro atoms. The number of benzene rings is 2. The lowest BCUT2D eigenvalue weighted by Gasteiger charge is -2.14. The summed E-state index contributed by atoms with van der Waals surface area (Å²) in [6.45, 7) is 3.05. The van der Waals surface area contributed by atoms with Crippen molar-refractivity contribution >= 4 is 40.8 Å². The number of ether oxygens (including phenoxy) is 2. The summed E-state index contributed by atoms with van der Waals surface area (Å²) in [6.07, 6.45) is -0.995. The number of carbonyl (C=O) groups is 2. The molecule has 0 aliphatic rings. The second-order valence-corrected chi connectivity index (χ2v) is 6.21. The molecule has 0 bridgehead atoms. The molecule has 0 aromatic heterocycles. The van der Waals surface area contributed by atoms with Crippen molar-refractivity contribution in [3.63, 3.8) is 0 Å². The third-order valence-corrected chi connectivity index (χ3v) is 3.68. The van der Waals surface area contributed by atoms with Gasteiger partial charge in [0.1, 0.15) is 5.75 Å². The fraction of sp³-hybridized carbons (Fsp3) is 0.222. The minimum atomic E-state index is -0.995. The van der Waals surface area contributed by atoms with Gasteiger partial charge in [0.15, 0.2) is 12.7 Å². The number of amides is 1. The molecule has 7 heteroatoms. The number of hydrogen-bond donors (Lipinski definition) is 1. The van der Waals surface area contributed by atoms with E-state index in [1.807, 2.05) is 19.1 Å². The zero-order valence-electron chi connectivity index (χ0n) is 13.7. The van der Waals surface area contributed by atoms with E-state index in [1.165, 1.54) is 6.92 Å². The number of carbonyl (C=O) groups excluding carboxylic acids is 2. The smallest absolute Gasteiger partial charge is 0.344 e. The quantitative estimate of drug-likeness (QED) is 0.759. The van der Waals surface area contributed by atoms with Crippen molar-refractivity contribution in [1.29, 1.82) is 0 Å². The Balaban J connectivity index is 1.85. The van der Waals surface area contributed by atoms with Crippen LogP contribution in [0.4, 0.5) is 5.69 Å². The zero-order chi connectivity index (χ0) is 18.4. The van der Waals surface area contributed by atoms with Gasteiger partial charge in [-0.25, -0.2) is 4.79 Å². The van der Waals surface area contributed by atoms with Crippen molar-refractivity contribution in [1.82, 2.24) is 0 Å². The molecule has 0 heterocycles. The van der Waals surface area contributed by atoms with Crippen LogP contribution in [0.5, 0.6) is 5.75 Å². The summed E-state index contributed by atoms with van der Waals surface area (Å²) < 4.78 is 10.5. The van der Waals surface area contributed by atoms with Crippen LogP contribution in [0.25, 0.3) is 0 Å². The number of nitrogens with one attached hydrogen (secondary N) is 1. The van der Waals surface area contributed by atoms with E-state index < -0.39 is 18.0 Å². The summed E-state index contributed by atoms with van der Waals surface area (Å²) in [5, 5.41) is 3.36. The molecule has 0 saturated heterocycles. The van der Waals surface area contributed by atoms with Crippen molar-refractivity contribution in [3.05, 3.63) is 58.1 Å². The van der Waals surface area contributed by atoms with Gasteiger partial charge in [-0.2, -0.15) is 0 Å². The molecule has 132 valence electrons. The van der Waals surface area contributed by atoms with E-state index in [-0.39, 0.29) is 6.61 Å². The Hall–Kier alpha value is -2.24. The normalized spacial score (nSPS) is 11.5. The molecule has 0 saturated carbocycles. The SMILES string of the molecule is Cc1ccccc1OCC(=O)O[C@@H](C)C(=O)Nc1cc(Cl)cc(Cl)c1. The van der Waals surface area contributed by atoms with E-state index in [9.17, 15) is 9.59 Å². The van der Waals surface area contributed by atoms with E-state index in [0.717, 1.165) is 5.56 Å². The zero-order valence-corrected chi connectivity index (χ0v) is 15.2. The van der Waals surface area contributed by atoms with E-state index in [4.69, 9.17) is 32.7 Å². The molecule has 0 aliphatic carbocycles. The molecule has 0 aliphatic heterocycles. The predicted molar refractivity (Wildman–Crippen MR) is 97.3 cm³/mol. The Bertz CT molecular complexity index is 759. The molecule has 25 heavy (non-hydrogen) atoms. The molecule has 0 radical (unpaired) electrons.